The second-order valence-electron chi connectivity index (χ2n) is 14.7. The zero-order chi connectivity index (χ0) is 37.3. The molecule has 2 heterocycles. The van der Waals surface area contributed by atoms with Crippen LogP contribution in [0.5, 0.6) is 11.5 Å². The number of anilines is 1. The molecule has 4 rings (SSSR count). The number of hydrogen-bond donors (Lipinski definition) is 2. The smallest absolute Gasteiger partial charge is 0.423 e. The minimum Gasteiger partial charge on any atom is -0.508 e. The number of aromatic hydroxyl groups is 1. The minimum atomic E-state index is -0.783. The molecule has 3 aromatic rings. The van der Waals surface area contributed by atoms with Gasteiger partial charge in [0.1, 0.15) is 22.7 Å². The number of phenols is 1. The molecule has 51 heavy (non-hydrogen) atoms. The molecule has 0 unspecified atom stereocenters. The Labute approximate surface area is 303 Å². The zero-order valence-corrected chi connectivity index (χ0v) is 31.3. The van der Waals surface area contributed by atoms with Crippen LogP contribution in [0.2, 0.25) is 0 Å². The van der Waals surface area contributed by atoms with E-state index in [1.165, 1.54) is 4.90 Å². The van der Waals surface area contributed by atoms with Crippen LogP contribution in [0.25, 0.3) is 22.3 Å². The Balaban J connectivity index is 1.58. The summed E-state index contributed by atoms with van der Waals surface area (Å²) < 4.78 is 18.0. The summed E-state index contributed by atoms with van der Waals surface area (Å²) in [5, 5.41) is 10.1. The molecule has 0 spiro atoms. The van der Waals surface area contributed by atoms with E-state index in [2.05, 4.69) is 18.4 Å². The summed E-state index contributed by atoms with van der Waals surface area (Å²) >= 11 is 0. The highest BCUT2D eigenvalue weighted by molar-refractivity contribution is 5.97. The molecule has 11 heteroatoms. The van der Waals surface area contributed by atoms with Crippen molar-refractivity contribution in [2.24, 2.45) is 5.73 Å². The second kappa shape index (κ2) is 17.1. The lowest BCUT2D eigenvalue weighted by Gasteiger charge is -2.34. The first-order chi connectivity index (χ1) is 24.1. The van der Waals surface area contributed by atoms with E-state index in [0.29, 0.717) is 37.4 Å². The van der Waals surface area contributed by atoms with Crippen LogP contribution in [0.4, 0.5) is 10.6 Å². The highest BCUT2D eigenvalue weighted by Crippen LogP contribution is 2.41. The average Bonchev–Trinajstić information content (AvgIpc) is 3.06. The molecular weight excluding hydrogens is 646 g/mol. The molecule has 3 N–H and O–H groups in total. The predicted octanol–water partition coefficient (Wildman–Crippen LogP) is 6.97. The van der Waals surface area contributed by atoms with Crippen LogP contribution in [0.15, 0.2) is 67.2 Å². The van der Waals surface area contributed by atoms with E-state index in [0.717, 1.165) is 67.1 Å². The third-order valence-electron chi connectivity index (χ3n) is 8.27. The Morgan fingerprint density at radius 3 is 2.10 bits per heavy atom. The van der Waals surface area contributed by atoms with E-state index in [9.17, 15) is 14.7 Å². The van der Waals surface area contributed by atoms with Gasteiger partial charge >= 0.3 is 6.09 Å². The SMILES string of the molecule is C=C(OC(C)(C)C)N(C(=O)OC(C)(C)C)c1ncc(-c2ccc(OCCCN3CCN(C(=O)CCN)CC3)cc2)c(CC)c1-c1ccc(O)cc1. The maximum Gasteiger partial charge on any atom is 0.423 e. The Morgan fingerprint density at radius 2 is 1.53 bits per heavy atom. The van der Waals surface area contributed by atoms with Gasteiger partial charge in [-0.3, -0.25) is 9.69 Å². The third kappa shape index (κ3) is 10.9. The van der Waals surface area contributed by atoms with Crippen LogP contribution in [-0.4, -0.2) is 89.0 Å². The van der Waals surface area contributed by atoms with Crippen molar-refractivity contribution < 1.29 is 28.9 Å². The first-order valence-corrected chi connectivity index (χ1v) is 17.8. The van der Waals surface area contributed by atoms with Crippen molar-refractivity contribution in [1.29, 1.82) is 0 Å². The van der Waals surface area contributed by atoms with Crippen molar-refractivity contribution in [2.75, 3.05) is 50.8 Å². The molecule has 2 aromatic carbocycles. The average molecular weight is 702 g/mol. The molecule has 1 aliphatic heterocycles. The number of ether oxygens (including phenoxy) is 3. The van der Waals surface area contributed by atoms with Crippen LogP contribution < -0.4 is 15.4 Å². The van der Waals surface area contributed by atoms with Crippen molar-refractivity contribution in [3.8, 4) is 33.8 Å². The monoisotopic (exact) mass is 701 g/mol. The van der Waals surface area contributed by atoms with Gasteiger partial charge in [0.25, 0.3) is 0 Å². The summed E-state index contributed by atoms with van der Waals surface area (Å²) in [4.78, 5) is 36.4. The molecule has 1 fully saturated rings. The maximum atomic E-state index is 13.8. The molecule has 0 aliphatic carbocycles. The Morgan fingerprint density at radius 1 is 0.922 bits per heavy atom. The van der Waals surface area contributed by atoms with E-state index in [4.69, 9.17) is 24.9 Å². The lowest BCUT2D eigenvalue weighted by atomic mass is 9.91. The summed E-state index contributed by atoms with van der Waals surface area (Å²) in [6, 6.07) is 14.8. The number of hydrogen-bond acceptors (Lipinski definition) is 9. The van der Waals surface area contributed by atoms with Gasteiger partial charge in [-0.15, -0.1) is 0 Å². The summed E-state index contributed by atoms with van der Waals surface area (Å²) in [6.07, 6.45) is 2.99. The summed E-state index contributed by atoms with van der Waals surface area (Å²) in [7, 11) is 0. The Bertz CT molecular complexity index is 1610. The fourth-order valence-electron chi connectivity index (χ4n) is 5.98. The maximum absolute atomic E-state index is 13.8. The number of rotatable bonds is 13. The van der Waals surface area contributed by atoms with Gasteiger partial charge in [0.15, 0.2) is 11.7 Å². The molecule has 1 saturated heterocycles. The highest BCUT2D eigenvalue weighted by Gasteiger charge is 2.33. The van der Waals surface area contributed by atoms with Crippen LogP contribution >= 0.6 is 0 Å². The van der Waals surface area contributed by atoms with Crippen LogP contribution in [0.1, 0.15) is 66.9 Å². The largest absolute Gasteiger partial charge is 0.508 e. The molecule has 0 bridgehead atoms. The van der Waals surface area contributed by atoms with Crippen molar-refractivity contribution in [3.63, 3.8) is 0 Å². The van der Waals surface area contributed by atoms with Gasteiger partial charge in [-0.25, -0.2) is 9.78 Å². The van der Waals surface area contributed by atoms with Gasteiger partial charge in [-0.05, 0) is 102 Å². The zero-order valence-electron chi connectivity index (χ0n) is 31.3. The van der Waals surface area contributed by atoms with Gasteiger partial charge in [0, 0.05) is 63.0 Å². The van der Waals surface area contributed by atoms with Crippen LogP contribution in [0, 0.1) is 0 Å². The standard InChI is InChI=1S/C40H55N5O6/c1-9-33-34(29-13-17-32(18-14-29)49-26-10-21-43-22-24-44(25-23-43)35(47)19-20-41)27-42-37(36(33)30-11-15-31(46)16-12-30)45(28(2)50-39(3,4)5)38(48)51-40(6,7)8/h11-18,27,46H,2,9-10,19-26,41H2,1,3-8H3. The fraction of sp³-hybridized carbons (Fsp3) is 0.475. The van der Waals surface area contributed by atoms with Crippen LogP contribution in [-0.2, 0) is 20.7 Å². The molecule has 0 radical (unpaired) electrons. The van der Waals surface area contributed by atoms with E-state index in [-0.39, 0.29) is 17.5 Å². The lowest BCUT2D eigenvalue weighted by molar-refractivity contribution is -0.132. The molecule has 2 amide bonds. The summed E-state index contributed by atoms with van der Waals surface area (Å²) in [5.74, 6) is 1.43. The van der Waals surface area contributed by atoms with Gasteiger partial charge < -0.3 is 30.0 Å². The number of aromatic nitrogens is 1. The molecule has 0 atom stereocenters. The first kappa shape index (κ1) is 39.2. The van der Waals surface area contributed by atoms with Crippen molar-refractivity contribution in [1.82, 2.24) is 14.8 Å². The highest BCUT2D eigenvalue weighted by atomic mass is 16.6. The van der Waals surface area contributed by atoms with Crippen molar-refractivity contribution in [2.45, 2.75) is 78.9 Å². The minimum absolute atomic E-state index is 0.0838. The number of pyridine rings is 1. The van der Waals surface area contributed by atoms with Crippen LogP contribution in [0.3, 0.4) is 0 Å². The summed E-state index contributed by atoms with van der Waals surface area (Å²) in [6.45, 7) is 22.3. The van der Waals surface area contributed by atoms with Gasteiger partial charge in [0.05, 0.1) is 6.61 Å². The number of benzene rings is 2. The quantitative estimate of drug-likeness (QED) is 0.143. The number of nitrogens with two attached hydrogens (primary N) is 1. The van der Waals surface area contributed by atoms with Gasteiger partial charge in [-0.2, -0.15) is 4.90 Å². The molecule has 1 aromatic heterocycles. The molecular formula is C40H55N5O6. The normalized spacial score (nSPS) is 13.8. The summed E-state index contributed by atoms with van der Waals surface area (Å²) in [5.41, 5.74) is 8.35. The lowest BCUT2D eigenvalue weighted by Crippen LogP contribution is -2.49. The molecule has 276 valence electrons. The van der Waals surface area contributed by atoms with E-state index in [1.807, 2.05) is 49.9 Å². The molecule has 11 nitrogen and oxygen atoms in total. The number of amides is 2. The van der Waals surface area contributed by atoms with Gasteiger partial charge in [-0.1, -0.05) is 31.2 Å². The number of carbonyl (C=O) groups is 2. The predicted molar refractivity (Wildman–Crippen MR) is 202 cm³/mol. The van der Waals surface area contributed by atoms with Crippen molar-refractivity contribution >= 4 is 17.8 Å². The number of nitrogens with zero attached hydrogens (tertiary/aromatic N) is 4. The molecule has 1 aliphatic rings. The number of phenolic OH excluding ortho intramolecular Hbond substituents is 1. The van der Waals surface area contributed by atoms with E-state index < -0.39 is 17.3 Å². The first-order valence-electron chi connectivity index (χ1n) is 17.8. The second-order valence-corrected chi connectivity index (χ2v) is 14.7. The van der Waals surface area contributed by atoms with Gasteiger partial charge in [0.2, 0.25) is 5.91 Å². The topological polar surface area (TPSA) is 131 Å². The Hall–Kier alpha value is -4.61. The molecule has 0 saturated carbocycles. The third-order valence-corrected chi connectivity index (χ3v) is 8.27. The van der Waals surface area contributed by atoms with E-state index in [1.54, 1.807) is 51.2 Å². The van der Waals surface area contributed by atoms with E-state index >= 15 is 0 Å². The Kier molecular flexibility index (Phi) is 13.1. The number of piperazine rings is 1. The number of carbonyl (C=O) groups excluding carboxylic acids is 2. The fourth-order valence-corrected chi connectivity index (χ4v) is 5.98. The van der Waals surface area contributed by atoms with Crippen molar-refractivity contribution in [3.05, 3.63) is 72.8 Å².